The molecular weight excluding hydrogens is 425 g/mol. The van der Waals surface area contributed by atoms with Gasteiger partial charge in [-0.25, -0.2) is 9.48 Å². The van der Waals surface area contributed by atoms with Crippen LogP contribution in [0.5, 0.6) is 0 Å². The summed E-state index contributed by atoms with van der Waals surface area (Å²) in [5.41, 5.74) is 0.767. The average Bonchev–Trinajstić information content (AvgIpc) is 3.01. The predicted octanol–water partition coefficient (Wildman–Crippen LogP) is 5.58. The van der Waals surface area contributed by atoms with Crippen LogP contribution in [-0.2, 0) is 12.6 Å². The highest BCUT2D eigenvalue weighted by atomic mass is 79.9. The second-order valence-corrected chi connectivity index (χ2v) is 6.71. The number of hydrogen-bond acceptors (Lipinski definition) is 2. The van der Waals surface area contributed by atoms with E-state index in [1.165, 1.54) is 16.8 Å². The van der Waals surface area contributed by atoms with Crippen LogP contribution < -0.4 is 0 Å². The molecule has 1 aromatic heterocycles. The van der Waals surface area contributed by atoms with E-state index in [-0.39, 0.29) is 11.3 Å². The lowest BCUT2D eigenvalue weighted by Gasteiger charge is -2.07. The SMILES string of the molecule is CCc1c(C(=O)O)c(-c2ccc(C(F)(F)F)cc2)nn1-c1ccc(Br)cc1. The summed E-state index contributed by atoms with van der Waals surface area (Å²) < 4.78 is 40.7. The molecule has 4 nitrogen and oxygen atoms in total. The summed E-state index contributed by atoms with van der Waals surface area (Å²) >= 11 is 3.34. The summed E-state index contributed by atoms with van der Waals surface area (Å²) in [5.74, 6) is -1.18. The highest BCUT2D eigenvalue weighted by Gasteiger charge is 2.31. The van der Waals surface area contributed by atoms with Crippen molar-refractivity contribution in [1.29, 1.82) is 0 Å². The molecule has 0 saturated carbocycles. The highest BCUT2D eigenvalue weighted by molar-refractivity contribution is 9.10. The van der Waals surface area contributed by atoms with E-state index in [2.05, 4.69) is 21.0 Å². The molecule has 2 aromatic carbocycles. The van der Waals surface area contributed by atoms with E-state index < -0.39 is 17.7 Å². The van der Waals surface area contributed by atoms with Crippen molar-refractivity contribution in [3.8, 4) is 16.9 Å². The zero-order valence-corrected chi connectivity index (χ0v) is 15.7. The summed E-state index contributed by atoms with van der Waals surface area (Å²) in [6, 6.07) is 11.5. The van der Waals surface area contributed by atoms with Crippen LogP contribution >= 0.6 is 15.9 Å². The van der Waals surface area contributed by atoms with Gasteiger partial charge in [0.2, 0.25) is 0 Å². The summed E-state index contributed by atoms with van der Waals surface area (Å²) in [6.07, 6.45) is -4.06. The maximum absolute atomic E-state index is 12.8. The molecule has 0 amide bonds. The van der Waals surface area contributed by atoms with E-state index in [1.807, 2.05) is 0 Å². The minimum atomic E-state index is -4.46. The zero-order valence-electron chi connectivity index (χ0n) is 14.1. The van der Waals surface area contributed by atoms with Crippen molar-refractivity contribution < 1.29 is 23.1 Å². The first-order chi connectivity index (χ1) is 12.7. The van der Waals surface area contributed by atoms with Crippen molar-refractivity contribution in [3.05, 3.63) is 69.8 Å². The smallest absolute Gasteiger partial charge is 0.416 e. The monoisotopic (exact) mass is 438 g/mol. The number of carboxylic acid groups (broad SMARTS) is 1. The van der Waals surface area contributed by atoms with Crippen molar-refractivity contribution >= 4 is 21.9 Å². The van der Waals surface area contributed by atoms with Crippen LogP contribution in [0.15, 0.2) is 53.0 Å². The maximum atomic E-state index is 12.8. The van der Waals surface area contributed by atoms with Crippen LogP contribution in [0.2, 0.25) is 0 Å². The number of carboxylic acids is 1. The Balaban J connectivity index is 2.18. The van der Waals surface area contributed by atoms with Gasteiger partial charge < -0.3 is 5.11 Å². The molecule has 8 heteroatoms. The summed E-state index contributed by atoms with van der Waals surface area (Å²) in [6.45, 7) is 1.80. The number of aromatic nitrogens is 2. The van der Waals surface area contributed by atoms with Gasteiger partial charge in [-0.05, 0) is 42.8 Å². The fraction of sp³-hybridized carbons (Fsp3) is 0.158. The standard InChI is InChI=1S/C19H14BrF3N2O2/c1-2-15-16(18(26)27)17(11-3-5-12(6-4-11)19(21,22)23)24-25(15)14-9-7-13(20)8-10-14/h3-10H,2H2,1H3,(H,26,27). The van der Waals surface area contributed by atoms with E-state index in [0.29, 0.717) is 23.4 Å². The van der Waals surface area contributed by atoms with Crippen LogP contribution in [0, 0.1) is 0 Å². The molecule has 0 atom stereocenters. The Kier molecular flexibility index (Phi) is 5.10. The summed E-state index contributed by atoms with van der Waals surface area (Å²) in [5, 5.41) is 14.1. The lowest BCUT2D eigenvalue weighted by atomic mass is 10.0. The van der Waals surface area contributed by atoms with Crippen LogP contribution in [-0.4, -0.2) is 20.9 Å². The molecule has 0 aliphatic carbocycles. The second-order valence-electron chi connectivity index (χ2n) is 5.79. The molecule has 0 unspecified atom stereocenters. The molecule has 0 aliphatic heterocycles. The highest BCUT2D eigenvalue weighted by Crippen LogP contribution is 2.33. The molecule has 3 rings (SSSR count). The first-order valence-electron chi connectivity index (χ1n) is 8.01. The topological polar surface area (TPSA) is 55.1 Å². The Morgan fingerprint density at radius 3 is 2.19 bits per heavy atom. The van der Waals surface area contributed by atoms with Gasteiger partial charge >= 0.3 is 12.1 Å². The lowest BCUT2D eigenvalue weighted by molar-refractivity contribution is -0.137. The van der Waals surface area contributed by atoms with E-state index in [9.17, 15) is 23.1 Å². The van der Waals surface area contributed by atoms with Gasteiger partial charge in [0.05, 0.1) is 16.9 Å². The molecule has 0 fully saturated rings. The van der Waals surface area contributed by atoms with E-state index in [0.717, 1.165) is 16.6 Å². The van der Waals surface area contributed by atoms with Crippen molar-refractivity contribution in [1.82, 2.24) is 9.78 Å². The summed E-state index contributed by atoms with van der Waals surface area (Å²) in [4.78, 5) is 11.9. The number of nitrogens with zero attached hydrogens (tertiary/aromatic N) is 2. The minimum Gasteiger partial charge on any atom is -0.478 e. The normalized spacial score (nSPS) is 11.6. The Bertz CT molecular complexity index is 978. The minimum absolute atomic E-state index is 0.0137. The average molecular weight is 439 g/mol. The Morgan fingerprint density at radius 2 is 1.70 bits per heavy atom. The van der Waals surface area contributed by atoms with Crippen LogP contribution in [0.3, 0.4) is 0 Å². The molecule has 0 aliphatic rings. The quantitative estimate of drug-likeness (QED) is 0.578. The van der Waals surface area contributed by atoms with Gasteiger partial charge in [-0.2, -0.15) is 18.3 Å². The molecular formula is C19H14BrF3N2O2. The molecule has 1 N–H and O–H groups in total. The lowest BCUT2D eigenvalue weighted by Crippen LogP contribution is -2.06. The largest absolute Gasteiger partial charge is 0.478 e. The van der Waals surface area contributed by atoms with Crippen LogP contribution in [0.4, 0.5) is 13.2 Å². The van der Waals surface area contributed by atoms with E-state index in [1.54, 1.807) is 31.2 Å². The maximum Gasteiger partial charge on any atom is 0.416 e. The molecule has 27 heavy (non-hydrogen) atoms. The van der Waals surface area contributed by atoms with Gasteiger partial charge in [0.25, 0.3) is 0 Å². The number of halogens is 4. The van der Waals surface area contributed by atoms with Gasteiger partial charge in [0.1, 0.15) is 11.3 Å². The predicted molar refractivity (Wildman–Crippen MR) is 98.0 cm³/mol. The Hall–Kier alpha value is -2.61. The molecule has 1 heterocycles. The fourth-order valence-corrected chi connectivity index (χ4v) is 3.08. The first kappa shape index (κ1) is 19.2. The molecule has 0 radical (unpaired) electrons. The van der Waals surface area contributed by atoms with Gasteiger partial charge in [0.15, 0.2) is 0 Å². The Labute approximate surface area is 161 Å². The first-order valence-corrected chi connectivity index (χ1v) is 8.80. The number of carbonyl (C=O) groups is 1. The number of alkyl halides is 3. The molecule has 3 aromatic rings. The zero-order chi connectivity index (χ0) is 19.8. The van der Waals surface area contributed by atoms with Crippen LogP contribution in [0.25, 0.3) is 16.9 Å². The Morgan fingerprint density at radius 1 is 1.11 bits per heavy atom. The number of rotatable bonds is 4. The molecule has 0 saturated heterocycles. The van der Waals surface area contributed by atoms with Crippen molar-refractivity contribution in [2.24, 2.45) is 0 Å². The van der Waals surface area contributed by atoms with Crippen molar-refractivity contribution in [2.75, 3.05) is 0 Å². The third-order valence-corrected chi connectivity index (χ3v) is 4.62. The molecule has 140 valence electrons. The number of hydrogen-bond donors (Lipinski definition) is 1. The molecule has 0 bridgehead atoms. The van der Waals surface area contributed by atoms with Gasteiger partial charge in [0, 0.05) is 10.0 Å². The van der Waals surface area contributed by atoms with Crippen molar-refractivity contribution in [3.63, 3.8) is 0 Å². The third kappa shape index (κ3) is 3.75. The van der Waals surface area contributed by atoms with Gasteiger partial charge in [-0.1, -0.05) is 35.0 Å². The second kappa shape index (κ2) is 7.19. The third-order valence-electron chi connectivity index (χ3n) is 4.09. The number of aromatic carboxylic acids is 1. The van der Waals surface area contributed by atoms with E-state index in [4.69, 9.17) is 0 Å². The summed E-state index contributed by atoms with van der Waals surface area (Å²) in [7, 11) is 0. The van der Waals surface area contributed by atoms with Gasteiger partial charge in [-0.3, -0.25) is 0 Å². The number of benzene rings is 2. The van der Waals surface area contributed by atoms with Crippen molar-refractivity contribution in [2.45, 2.75) is 19.5 Å². The van der Waals surface area contributed by atoms with E-state index >= 15 is 0 Å². The van der Waals surface area contributed by atoms with Gasteiger partial charge in [-0.15, -0.1) is 0 Å². The van der Waals surface area contributed by atoms with Crippen LogP contribution in [0.1, 0.15) is 28.5 Å². The molecule has 0 spiro atoms. The fourth-order valence-electron chi connectivity index (χ4n) is 2.82.